The maximum absolute atomic E-state index is 11.8. The summed E-state index contributed by atoms with van der Waals surface area (Å²) in [6.45, 7) is 4.24. The fourth-order valence-corrected chi connectivity index (χ4v) is 1.75. The van der Waals surface area contributed by atoms with Gasteiger partial charge in [-0.1, -0.05) is 13.8 Å². The standard InChI is InChI=1S/C17H27N3O5.ClH/c1-11(2)18-10-15(21)12-7-13(24-16(22)19(3)4)9-14(8-12)25-17(23)20(5)6;/h7-9,11,15,18,21H,10H2,1-6H3;1H. The van der Waals surface area contributed by atoms with Gasteiger partial charge in [-0.05, 0) is 17.7 Å². The predicted octanol–water partition coefficient (Wildman–Crippen LogP) is 2.26. The Morgan fingerprint density at radius 3 is 1.77 bits per heavy atom. The lowest BCUT2D eigenvalue weighted by Crippen LogP contribution is -2.28. The summed E-state index contributed by atoms with van der Waals surface area (Å²) < 4.78 is 10.5. The molecule has 1 unspecified atom stereocenters. The third-order valence-corrected chi connectivity index (χ3v) is 3.15. The Morgan fingerprint density at radius 2 is 1.42 bits per heavy atom. The number of benzene rings is 1. The molecule has 2 N–H and O–H groups in total. The fourth-order valence-electron chi connectivity index (χ4n) is 1.75. The fraction of sp³-hybridized carbons (Fsp3) is 0.529. The second-order valence-electron chi connectivity index (χ2n) is 6.34. The first kappa shape index (κ1) is 24.0. The van der Waals surface area contributed by atoms with Gasteiger partial charge in [-0.15, -0.1) is 12.4 Å². The summed E-state index contributed by atoms with van der Waals surface area (Å²) >= 11 is 0. The van der Waals surface area contributed by atoms with Gasteiger partial charge in [0.05, 0.1) is 6.10 Å². The summed E-state index contributed by atoms with van der Waals surface area (Å²) in [5.41, 5.74) is 0.471. The monoisotopic (exact) mass is 389 g/mol. The zero-order valence-corrected chi connectivity index (χ0v) is 16.8. The molecule has 148 valence electrons. The molecule has 1 rings (SSSR count). The lowest BCUT2D eigenvalue weighted by Gasteiger charge is -2.18. The predicted molar refractivity (Wildman–Crippen MR) is 101 cm³/mol. The van der Waals surface area contributed by atoms with Gasteiger partial charge in [-0.2, -0.15) is 0 Å². The van der Waals surface area contributed by atoms with Crippen LogP contribution in [0.1, 0.15) is 25.5 Å². The summed E-state index contributed by atoms with van der Waals surface area (Å²) in [6, 6.07) is 4.72. The van der Waals surface area contributed by atoms with Gasteiger partial charge in [0.2, 0.25) is 0 Å². The van der Waals surface area contributed by atoms with E-state index < -0.39 is 18.3 Å². The number of nitrogens with one attached hydrogen (secondary N) is 1. The molecule has 1 atom stereocenters. The SMILES string of the molecule is CC(C)NCC(O)c1cc(OC(=O)N(C)C)cc(OC(=O)N(C)C)c1.Cl. The highest BCUT2D eigenvalue weighted by Gasteiger charge is 2.16. The second-order valence-corrected chi connectivity index (χ2v) is 6.34. The summed E-state index contributed by atoms with van der Waals surface area (Å²) in [5.74, 6) is 0.364. The van der Waals surface area contributed by atoms with Gasteiger partial charge in [0.1, 0.15) is 11.5 Å². The van der Waals surface area contributed by atoms with Gasteiger partial charge in [0.15, 0.2) is 0 Å². The zero-order valence-electron chi connectivity index (χ0n) is 16.0. The van der Waals surface area contributed by atoms with Gasteiger partial charge in [0.25, 0.3) is 0 Å². The molecule has 0 aromatic heterocycles. The van der Waals surface area contributed by atoms with Crippen LogP contribution < -0.4 is 14.8 Å². The van der Waals surface area contributed by atoms with E-state index in [1.165, 1.54) is 15.9 Å². The van der Waals surface area contributed by atoms with Crippen LogP contribution in [0.2, 0.25) is 0 Å². The largest absolute Gasteiger partial charge is 0.414 e. The Hall–Kier alpha value is -2.03. The molecule has 1 aromatic rings. The number of nitrogens with zero attached hydrogens (tertiary/aromatic N) is 2. The van der Waals surface area contributed by atoms with Crippen molar-refractivity contribution in [2.45, 2.75) is 26.0 Å². The van der Waals surface area contributed by atoms with Crippen molar-refractivity contribution in [1.29, 1.82) is 0 Å². The molecule has 8 nitrogen and oxygen atoms in total. The van der Waals surface area contributed by atoms with E-state index in [0.717, 1.165) is 0 Å². The maximum atomic E-state index is 11.8. The minimum absolute atomic E-state index is 0. The number of rotatable bonds is 6. The molecule has 0 spiro atoms. The Morgan fingerprint density at radius 1 is 1.00 bits per heavy atom. The molecule has 0 aliphatic rings. The van der Waals surface area contributed by atoms with E-state index in [1.54, 1.807) is 40.3 Å². The summed E-state index contributed by atoms with van der Waals surface area (Å²) in [6.07, 6.45) is -1.99. The number of aliphatic hydroxyl groups excluding tert-OH is 1. The van der Waals surface area contributed by atoms with Crippen LogP contribution in [0.4, 0.5) is 9.59 Å². The van der Waals surface area contributed by atoms with Crippen molar-refractivity contribution in [2.24, 2.45) is 0 Å². The van der Waals surface area contributed by atoms with Crippen molar-refractivity contribution in [3.63, 3.8) is 0 Å². The highest BCUT2D eigenvalue weighted by Crippen LogP contribution is 2.27. The Kier molecular flexibility index (Phi) is 10.0. The lowest BCUT2D eigenvalue weighted by atomic mass is 10.1. The first-order valence-corrected chi connectivity index (χ1v) is 7.94. The molecule has 1 aromatic carbocycles. The average Bonchev–Trinajstić information content (AvgIpc) is 2.51. The van der Waals surface area contributed by atoms with Crippen molar-refractivity contribution in [2.75, 3.05) is 34.7 Å². The highest BCUT2D eigenvalue weighted by molar-refractivity contribution is 5.85. The third kappa shape index (κ3) is 7.90. The van der Waals surface area contributed by atoms with E-state index in [2.05, 4.69) is 5.32 Å². The van der Waals surface area contributed by atoms with Crippen molar-refractivity contribution in [1.82, 2.24) is 15.1 Å². The Labute approximate surface area is 160 Å². The van der Waals surface area contributed by atoms with Crippen molar-refractivity contribution in [3.8, 4) is 11.5 Å². The van der Waals surface area contributed by atoms with Crippen molar-refractivity contribution >= 4 is 24.6 Å². The van der Waals surface area contributed by atoms with Gasteiger partial charge < -0.3 is 29.7 Å². The molecule has 0 fully saturated rings. The van der Waals surface area contributed by atoms with Crippen LogP contribution in [0.3, 0.4) is 0 Å². The molecule has 0 aliphatic heterocycles. The topological polar surface area (TPSA) is 91.3 Å². The molecule has 9 heteroatoms. The van der Waals surface area contributed by atoms with E-state index in [0.29, 0.717) is 12.1 Å². The number of hydrogen-bond donors (Lipinski definition) is 2. The molecule has 0 heterocycles. The van der Waals surface area contributed by atoms with E-state index in [-0.39, 0.29) is 29.9 Å². The summed E-state index contributed by atoms with van der Waals surface area (Å²) in [7, 11) is 6.22. The first-order valence-electron chi connectivity index (χ1n) is 7.94. The molecule has 26 heavy (non-hydrogen) atoms. The first-order chi connectivity index (χ1) is 11.6. The van der Waals surface area contributed by atoms with E-state index in [9.17, 15) is 14.7 Å². The molecule has 2 amide bonds. The normalized spacial score (nSPS) is 11.4. The van der Waals surface area contributed by atoms with Crippen LogP contribution in [0.25, 0.3) is 0 Å². The number of ether oxygens (including phenoxy) is 2. The summed E-state index contributed by atoms with van der Waals surface area (Å²) in [4.78, 5) is 26.1. The quantitative estimate of drug-likeness (QED) is 0.775. The highest BCUT2D eigenvalue weighted by atomic mass is 35.5. The minimum Gasteiger partial charge on any atom is -0.410 e. The third-order valence-electron chi connectivity index (χ3n) is 3.15. The van der Waals surface area contributed by atoms with Crippen molar-refractivity contribution < 1.29 is 24.2 Å². The van der Waals surface area contributed by atoms with E-state index >= 15 is 0 Å². The number of carbonyl (C=O) groups excluding carboxylic acids is 2. The van der Waals surface area contributed by atoms with Crippen LogP contribution in [0, 0.1) is 0 Å². The molecule has 0 radical (unpaired) electrons. The Bertz CT molecular complexity index is 568. The lowest BCUT2D eigenvalue weighted by molar-refractivity contribution is 0.164. The summed E-state index contributed by atoms with van der Waals surface area (Å²) in [5, 5.41) is 13.5. The van der Waals surface area contributed by atoms with Crippen LogP contribution in [-0.4, -0.2) is 67.9 Å². The van der Waals surface area contributed by atoms with Crippen LogP contribution in [0.5, 0.6) is 11.5 Å². The maximum Gasteiger partial charge on any atom is 0.414 e. The van der Waals surface area contributed by atoms with E-state index in [4.69, 9.17) is 9.47 Å². The van der Waals surface area contributed by atoms with Crippen LogP contribution in [-0.2, 0) is 0 Å². The molecule has 0 aliphatic carbocycles. The average molecular weight is 390 g/mol. The molecular weight excluding hydrogens is 362 g/mol. The number of halogens is 1. The van der Waals surface area contributed by atoms with Crippen molar-refractivity contribution in [3.05, 3.63) is 23.8 Å². The molecular formula is C17H28ClN3O5. The van der Waals surface area contributed by atoms with Crippen LogP contribution >= 0.6 is 12.4 Å². The van der Waals surface area contributed by atoms with Gasteiger partial charge in [-0.25, -0.2) is 9.59 Å². The number of amides is 2. The van der Waals surface area contributed by atoms with Gasteiger partial charge in [-0.3, -0.25) is 0 Å². The molecule has 0 bridgehead atoms. The zero-order chi connectivity index (χ0) is 19.1. The smallest absolute Gasteiger partial charge is 0.410 e. The minimum atomic E-state index is -0.850. The Balaban J connectivity index is 0.00000625. The molecule has 0 saturated carbocycles. The van der Waals surface area contributed by atoms with Crippen LogP contribution in [0.15, 0.2) is 18.2 Å². The number of aliphatic hydroxyl groups is 1. The van der Waals surface area contributed by atoms with Gasteiger partial charge >= 0.3 is 12.2 Å². The second kappa shape index (κ2) is 10.8. The number of carbonyl (C=O) groups is 2. The van der Waals surface area contributed by atoms with E-state index in [1.807, 2.05) is 13.8 Å². The number of hydrogen-bond acceptors (Lipinski definition) is 6. The molecule has 0 saturated heterocycles. The van der Waals surface area contributed by atoms with Gasteiger partial charge in [0, 0.05) is 46.8 Å².